The molecule has 0 fully saturated rings. The van der Waals surface area contributed by atoms with Crippen molar-refractivity contribution in [1.82, 2.24) is 4.31 Å². The van der Waals surface area contributed by atoms with Gasteiger partial charge in [0.15, 0.2) is 0 Å². The van der Waals surface area contributed by atoms with Crippen LogP contribution in [0.1, 0.15) is 0 Å². The number of nitrogens with zero attached hydrogens (tertiary/aromatic N) is 1. The summed E-state index contributed by atoms with van der Waals surface area (Å²) in [7, 11) is -1.10. The summed E-state index contributed by atoms with van der Waals surface area (Å²) in [6, 6.07) is 4.41. The van der Waals surface area contributed by atoms with Crippen LogP contribution < -0.4 is 9.47 Å². The molecule has 0 saturated carbocycles. The summed E-state index contributed by atoms with van der Waals surface area (Å²) in [6.07, 6.45) is 0. The zero-order chi connectivity index (χ0) is 15.2. The van der Waals surface area contributed by atoms with Gasteiger partial charge >= 0.3 is 0 Å². The van der Waals surface area contributed by atoms with Gasteiger partial charge in [-0.15, -0.1) is 0 Å². The van der Waals surface area contributed by atoms with Crippen LogP contribution in [0, 0.1) is 0 Å². The third kappa shape index (κ3) is 3.60. The molecule has 1 aromatic carbocycles. The van der Waals surface area contributed by atoms with Gasteiger partial charge in [0.05, 0.1) is 27.4 Å². The Morgan fingerprint density at radius 2 is 1.70 bits per heavy atom. The van der Waals surface area contributed by atoms with Gasteiger partial charge in [0.25, 0.3) is 0 Å². The largest absolute Gasteiger partial charge is 0.497 e. The van der Waals surface area contributed by atoms with E-state index in [1.54, 1.807) is 6.07 Å². The first kappa shape index (κ1) is 16.7. The normalized spacial score (nSPS) is 11.7. The van der Waals surface area contributed by atoms with Crippen LogP contribution in [0.4, 0.5) is 0 Å². The first-order valence-electron chi connectivity index (χ1n) is 5.95. The molecule has 1 rings (SSSR count). The summed E-state index contributed by atoms with van der Waals surface area (Å²) in [5.41, 5.74) is 0. The molecule has 0 bridgehead atoms. The minimum absolute atomic E-state index is 0.0683. The lowest BCUT2D eigenvalue weighted by atomic mass is 10.3. The summed E-state index contributed by atoms with van der Waals surface area (Å²) in [4.78, 5) is -0.0683. The lowest BCUT2D eigenvalue weighted by Crippen LogP contribution is -2.36. The highest BCUT2D eigenvalue weighted by Crippen LogP contribution is 2.30. The predicted octanol–water partition coefficient (Wildman–Crippen LogP) is -0.321. The molecule has 114 valence electrons. The minimum atomic E-state index is -3.89. The zero-order valence-electron chi connectivity index (χ0n) is 11.4. The summed E-state index contributed by atoms with van der Waals surface area (Å²) in [6.45, 7) is -0.899. The van der Waals surface area contributed by atoms with Crippen molar-refractivity contribution in [2.24, 2.45) is 0 Å². The fourth-order valence-electron chi connectivity index (χ4n) is 1.70. The van der Waals surface area contributed by atoms with Crippen LogP contribution in [0.5, 0.6) is 11.5 Å². The Balaban J connectivity index is 3.30. The topological polar surface area (TPSA) is 96.3 Å². The fraction of sp³-hybridized carbons (Fsp3) is 0.500. The molecule has 0 spiro atoms. The van der Waals surface area contributed by atoms with Gasteiger partial charge in [-0.1, -0.05) is 0 Å². The highest BCUT2D eigenvalue weighted by Gasteiger charge is 2.27. The first-order chi connectivity index (χ1) is 9.51. The second-order valence-electron chi connectivity index (χ2n) is 3.87. The lowest BCUT2D eigenvalue weighted by molar-refractivity contribution is 0.217. The molecule has 0 heterocycles. The number of aliphatic hydroxyl groups is 2. The molecule has 0 aliphatic rings. The number of sulfonamides is 1. The van der Waals surface area contributed by atoms with E-state index in [2.05, 4.69) is 0 Å². The standard InChI is InChI=1S/C12H19NO6S/c1-18-10-3-4-11(19-2)12(9-10)20(16,17)13(5-7-14)6-8-15/h3-4,9,14-15H,5-8H2,1-2H3. The summed E-state index contributed by atoms with van der Waals surface area (Å²) >= 11 is 0. The van der Waals surface area contributed by atoms with E-state index in [9.17, 15) is 8.42 Å². The summed E-state index contributed by atoms with van der Waals surface area (Å²) in [5, 5.41) is 17.9. The van der Waals surface area contributed by atoms with Gasteiger partial charge in [-0.25, -0.2) is 8.42 Å². The van der Waals surface area contributed by atoms with E-state index < -0.39 is 10.0 Å². The van der Waals surface area contributed by atoms with Crippen molar-refractivity contribution >= 4 is 10.0 Å². The van der Waals surface area contributed by atoms with Gasteiger partial charge in [-0.3, -0.25) is 0 Å². The van der Waals surface area contributed by atoms with Crippen LogP contribution in [0.25, 0.3) is 0 Å². The third-order valence-electron chi connectivity index (χ3n) is 2.69. The maximum Gasteiger partial charge on any atom is 0.247 e. The molecule has 8 heteroatoms. The van der Waals surface area contributed by atoms with Crippen LogP contribution in [0.15, 0.2) is 23.1 Å². The molecule has 0 aliphatic carbocycles. The third-order valence-corrected chi connectivity index (χ3v) is 4.61. The van der Waals surface area contributed by atoms with Crippen molar-refractivity contribution in [3.8, 4) is 11.5 Å². The van der Waals surface area contributed by atoms with Gasteiger partial charge < -0.3 is 19.7 Å². The smallest absolute Gasteiger partial charge is 0.247 e. The summed E-state index contributed by atoms with van der Waals surface area (Å²) in [5.74, 6) is 0.545. The Bertz CT molecular complexity index is 525. The molecule has 7 nitrogen and oxygen atoms in total. The van der Waals surface area contributed by atoms with Gasteiger partial charge in [0.1, 0.15) is 16.4 Å². The molecular weight excluding hydrogens is 286 g/mol. The SMILES string of the molecule is COc1ccc(OC)c(S(=O)(=O)N(CCO)CCO)c1. The average molecular weight is 305 g/mol. The maximum absolute atomic E-state index is 12.5. The minimum Gasteiger partial charge on any atom is -0.497 e. The Morgan fingerprint density at radius 1 is 1.10 bits per heavy atom. The number of rotatable bonds is 8. The molecule has 0 saturated heterocycles. The highest BCUT2D eigenvalue weighted by atomic mass is 32.2. The second-order valence-corrected chi connectivity index (χ2v) is 5.77. The first-order valence-corrected chi connectivity index (χ1v) is 7.39. The number of benzene rings is 1. The predicted molar refractivity (Wildman–Crippen MR) is 72.5 cm³/mol. The van der Waals surface area contributed by atoms with E-state index in [0.717, 1.165) is 4.31 Å². The van der Waals surface area contributed by atoms with Crippen molar-refractivity contribution in [2.45, 2.75) is 4.90 Å². The number of ether oxygens (including phenoxy) is 2. The molecule has 0 amide bonds. The molecule has 0 radical (unpaired) electrons. The quantitative estimate of drug-likeness (QED) is 0.683. The molecule has 1 aromatic rings. The van der Waals surface area contributed by atoms with Crippen molar-refractivity contribution in [1.29, 1.82) is 0 Å². The number of methoxy groups -OCH3 is 2. The van der Waals surface area contributed by atoms with E-state index >= 15 is 0 Å². The Hall–Kier alpha value is -1.35. The van der Waals surface area contributed by atoms with Gasteiger partial charge in [0.2, 0.25) is 10.0 Å². The van der Waals surface area contributed by atoms with Crippen LogP contribution >= 0.6 is 0 Å². The van der Waals surface area contributed by atoms with Crippen LogP contribution in [0.2, 0.25) is 0 Å². The zero-order valence-corrected chi connectivity index (χ0v) is 12.3. The number of hydrogen-bond acceptors (Lipinski definition) is 6. The van der Waals surface area contributed by atoms with E-state index in [4.69, 9.17) is 19.7 Å². The second kappa shape index (κ2) is 7.44. The molecule has 20 heavy (non-hydrogen) atoms. The van der Waals surface area contributed by atoms with Crippen molar-refractivity contribution in [2.75, 3.05) is 40.5 Å². The monoisotopic (exact) mass is 305 g/mol. The Labute approximate surface area is 118 Å². The molecule has 0 aliphatic heterocycles. The van der Waals surface area contributed by atoms with Crippen LogP contribution in [-0.2, 0) is 10.0 Å². The number of hydrogen-bond donors (Lipinski definition) is 2. The summed E-state index contributed by atoms with van der Waals surface area (Å²) < 4.78 is 36.1. The maximum atomic E-state index is 12.5. The molecule has 2 N–H and O–H groups in total. The van der Waals surface area contributed by atoms with Crippen molar-refractivity contribution in [3.05, 3.63) is 18.2 Å². The Kier molecular flexibility index (Phi) is 6.21. The average Bonchev–Trinajstić information content (AvgIpc) is 2.46. The van der Waals surface area contributed by atoms with E-state index in [1.165, 1.54) is 26.4 Å². The van der Waals surface area contributed by atoms with E-state index in [-0.39, 0.29) is 36.9 Å². The van der Waals surface area contributed by atoms with Crippen LogP contribution in [0.3, 0.4) is 0 Å². The molecule has 0 unspecified atom stereocenters. The lowest BCUT2D eigenvalue weighted by Gasteiger charge is -2.21. The molecule has 0 atom stereocenters. The van der Waals surface area contributed by atoms with Crippen molar-refractivity contribution in [3.63, 3.8) is 0 Å². The van der Waals surface area contributed by atoms with Gasteiger partial charge in [-0.05, 0) is 12.1 Å². The van der Waals surface area contributed by atoms with Crippen molar-refractivity contribution < 1.29 is 28.1 Å². The molecular formula is C12H19NO6S. The van der Waals surface area contributed by atoms with E-state index in [0.29, 0.717) is 5.75 Å². The molecule has 0 aromatic heterocycles. The van der Waals surface area contributed by atoms with E-state index in [1.807, 2.05) is 0 Å². The highest BCUT2D eigenvalue weighted by molar-refractivity contribution is 7.89. The van der Waals surface area contributed by atoms with Crippen LogP contribution in [-0.4, -0.2) is 63.5 Å². The van der Waals surface area contributed by atoms with Gasteiger partial charge in [-0.2, -0.15) is 4.31 Å². The number of aliphatic hydroxyl groups excluding tert-OH is 2. The van der Waals surface area contributed by atoms with Gasteiger partial charge in [0, 0.05) is 19.2 Å². The fourth-order valence-corrected chi connectivity index (χ4v) is 3.29. The Morgan fingerprint density at radius 3 is 2.15 bits per heavy atom.